The summed E-state index contributed by atoms with van der Waals surface area (Å²) < 4.78 is 6.06. The van der Waals surface area contributed by atoms with Gasteiger partial charge in [0.1, 0.15) is 28.4 Å². The molecule has 1 aliphatic heterocycles. The number of carbonyl (C=O) groups excluding carboxylic acids is 1. The Kier molecular flexibility index (Phi) is 3.24. The molecule has 3 rings (SSSR count). The standard InChI is InChI=1S/C18H22O4/c1-9(2)11-5-6-18(4)8-12(11)16-14(22-18)7-13(20)15(10(3)19)17(16)21/h7,12,20-21H,5-6,8H2,1-4H3/t12?,18-/m1/s1. The zero-order valence-corrected chi connectivity index (χ0v) is 13.5. The summed E-state index contributed by atoms with van der Waals surface area (Å²) in [4.78, 5) is 11.8. The van der Waals surface area contributed by atoms with Crippen molar-refractivity contribution in [2.45, 2.75) is 58.5 Å². The molecule has 0 amide bonds. The van der Waals surface area contributed by atoms with Crippen molar-refractivity contribution < 1.29 is 19.7 Å². The van der Waals surface area contributed by atoms with E-state index in [9.17, 15) is 15.0 Å². The van der Waals surface area contributed by atoms with Crippen LogP contribution >= 0.6 is 0 Å². The highest BCUT2D eigenvalue weighted by atomic mass is 16.5. The number of phenolic OH excluding ortho intramolecular Hbond substituents is 2. The van der Waals surface area contributed by atoms with Gasteiger partial charge in [-0.15, -0.1) is 0 Å². The van der Waals surface area contributed by atoms with Crippen molar-refractivity contribution in [3.8, 4) is 17.2 Å². The normalized spacial score (nSPS) is 26.2. The number of carbonyl (C=O) groups is 1. The van der Waals surface area contributed by atoms with Gasteiger partial charge in [-0.3, -0.25) is 4.79 Å². The predicted molar refractivity (Wildman–Crippen MR) is 83.8 cm³/mol. The van der Waals surface area contributed by atoms with E-state index >= 15 is 0 Å². The van der Waals surface area contributed by atoms with E-state index in [1.165, 1.54) is 24.1 Å². The van der Waals surface area contributed by atoms with Crippen LogP contribution < -0.4 is 4.74 Å². The van der Waals surface area contributed by atoms with Gasteiger partial charge in [-0.05, 0) is 47.0 Å². The Morgan fingerprint density at radius 2 is 2.00 bits per heavy atom. The smallest absolute Gasteiger partial charge is 0.167 e. The lowest BCUT2D eigenvalue weighted by Crippen LogP contribution is -2.42. The molecule has 0 radical (unpaired) electrons. The van der Waals surface area contributed by atoms with Crippen molar-refractivity contribution in [1.29, 1.82) is 0 Å². The lowest BCUT2D eigenvalue weighted by Gasteiger charge is -2.46. The SMILES string of the molecule is CC(=O)c1c(O)cc2c(c1O)C1C[C@@](C)(CCC1=C(C)C)O2. The number of ether oxygens (including phenoxy) is 1. The van der Waals surface area contributed by atoms with Crippen LogP contribution in [-0.2, 0) is 0 Å². The minimum absolute atomic E-state index is 0.00960. The zero-order chi connectivity index (χ0) is 16.2. The Hall–Kier alpha value is -1.97. The molecule has 118 valence electrons. The predicted octanol–water partition coefficient (Wildman–Crippen LogP) is 4.06. The Morgan fingerprint density at radius 3 is 2.59 bits per heavy atom. The Labute approximate surface area is 130 Å². The molecule has 1 heterocycles. The summed E-state index contributed by atoms with van der Waals surface area (Å²) in [6.45, 7) is 7.57. The minimum atomic E-state index is -0.347. The number of ketones is 1. The van der Waals surface area contributed by atoms with E-state index in [0.717, 1.165) is 19.3 Å². The molecule has 0 spiro atoms. The molecule has 2 bridgehead atoms. The van der Waals surface area contributed by atoms with E-state index in [-0.39, 0.29) is 34.4 Å². The first-order valence-corrected chi connectivity index (χ1v) is 7.68. The summed E-state index contributed by atoms with van der Waals surface area (Å²) in [6, 6.07) is 1.48. The molecule has 1 fully saturated rings. The molecule has 2 aliphatic rings. The number of fused-ring (bicyclic) bond motifs is 4. The van der Waals surface area contributed by atoms with Crippen molar-refractivity contribution in [2.75, 3.05) is 0 Å². The minimum Gasteiger partial charge on any atom is -0.507 e. The van der Waals surface area contributed by atoms with E-state index in [2.05, 4.69) is 20.8 Å². The van der Waals surface area contributed by atoms with Crippen LogP contribution in [-0.4, -0.2) is 21.6 Å². The van der Waals surface area contributed by atoms with Gasteiger partial charge in [0.2, 0.25) is 0 Å². The number of phenols is 2. The van der Waals surface area contributed by atoms with Crippen LogP contribution in [0.5, 0.6) is 17.2 Å². The monoisotopic (exact) mass is 302 g/mol. The second kappa shape index (κ2) is 4.77. The van der Waals surface area contributed by atoms with E-state index in [4.69, 9.17) is 4.74 Å². The van der Waals surface area contributed by atoms with Gasteiger partial charge in [0, 0.05) is 17.5 Å². The highest BCUT2D eigenvalue weighted by Gasteiger charge is 2.45. The third kappa shape index (κ3) is 2.09. The van der Waals surface area contributed by atoms with Crippen LogP contribution in [0.4, 0.5) is 0 Å². The molecule has 1 saturated carbocycles. The fourth-order valence-electron chi connectivity index (χ4n) is 3.88. The van der Waals surface area contributed by atoms with Crippen molar-refractivity contribution in [3.63, 3.8) is 0 Å². The summed E-state index contributed by atoms with van der Waals surface area (Å²) >= 11 is 0. The lowest BCUT2D eigenvalue weighted by molar-refractivity contribution is 0.0343. The maximum atomic E-state index is 11.8. The van der Waals surface area contributed by atoms with E-state index in [1.807, 2.05) is 0 Å². The molecule has 1 aliphatic carbocycles. The highest BCUT2D eigenvalue weighted by molar-refractivity contribution is 6.00. The second-order valence-corrected chi connectivity index (χ2v) is 6.92. The van der Waals surface area contributed by atoms with Gasteiger partial charge in [0.15, 0.2) is 5.78 Å². The van der Waals surface area contributed by atoms with Crippen molar-refractivity contribution in [1.82, 2.24) is 0 Å². The number of benzene rings is 1. The number of Topliss-reactive ketones (excluding diaryl/α,β-unsaturated/α-hetero) is 1. The van der Waals surface area contributed by atoms with Gasteiger partial charge in [-0.1, -0.05) is 11.1 Å². The fourth-order valence-corrected chi connectivity index (χ4v) is 3.88. The first kappa shape index (κ1) is 14.9. The van der Waals surface area contributed by atoms with Gasteiger partial charge in [0.25, 0.3) is 0 Å². The number of aromatic hydroxyl groups is 2. The van der Waals surface area contributed by atoms with Crippen molar-refractivity contribution in [2.24, 2.45) is 0 Å². The Morgan fingerprint density at radius 1 is 1.32 bits per heavy atom. The number of hydrogen-bond donors (Lipinski definition) is 2. The number of hydrogen-bond acceptors (Lipinski definition) is 4. The molecule has 1 unspecified atom stereocenters. The third-order valence-corrected chi connectivity index (χ3v) is 4.96. The molecule has 1 aromatic rings. The topological polar surface area (TPSA) is 66.8 Å². The Bertz CT molecular complexity index is 698. The van der Waals surface area contributed by atoms with E-state index in [1.54, 1.807) is 0 Å². The lowest BCUT2D eigenvalue weighted by atomic mass is 9.69. The summed E-state index contributed by atoms with van der Waals surface area (Å²) in [5, 5.41) is 20.7. The van der Waals surface area contributed by atoms with E-state index < -0.39 is 0 Å². The number of allylic oxidation sites excluding steroid dienone is 2. The number of rotatable bonds is 1. The van der Waals surface area contributed by atoms with Gasteiger partial charge >= 0.3 is 0 Å². The zero-order valence-electron chi connectivity index (χ0n) is 13.5. The van der Waals surface area contributed by atoms with Crippen molar-refractivity contribution >= 4 is 5.78 Å². The molecule has 22 heavy (non-hydrogen) atoms. The highest BCUT2D eigenvalue weighted by Crippen LogP contribution is 2.56. The molecular formula is C18H22O4. The van der Waals surface area contributed by atoms with Crippen LogP contribution in [0, 0.1) is 0 Å². The van der Waals surface area contributed by atoms with Crippen LogP contribution in [0.3, 0.4) is 0 Å². The first-order valence-electron chi connectivity index (χ1n) is 7.68. The summed E-state index contributed by atoms with van der Waals surface area (Å²) in [5.74, 6) is -0.148. The quantitative estimate of drug-likeness (QED) is 0.606. The molecule has 4 nitrogen and oxygen atoms in total. The van der Waals surface area contributed by atoms with Crippen LogP contribution in [0.25, 0.3) is 0 Å². The first-order chi connectivity index (χ1) is 10.2. The van der Waals surface area contributed by atoms with Gasteiger partial charge in [-0.25, -0.2) is 0 Å². The van der Waals surface area contributed by atoms with E-state index in [0.29, 0.717) is 11.3 Å². The molecule has 1 aromatic carbocycles. The average molecular weight is 302 g/mol. The van der Waals surface area contributed by atoms with Crippen LogP contribution in [0.2, 0.25) is 0 Å². The largest absolute Gasteiger partial charge is 0.507 e. The van der Waals surface area contributed by atoms with Crippen molar-refractivity contribution in [3.05, 3.63) is 28.3 Å². The Balaban J connectivity index is 2.28. The fraction of sp³-hybridized carbons (Fsp3) is 0.500. The second-order valence-electron chi connectivity index (χ2n) is 6.92. The van der Waals surface area contributed by atoms with Gasteiger partial charge in [-0.2, -0.15) is 0 Å². The summed E-state index contributed by atoms with van der Waals surface area (Å²) in [5.41, 5.74) is 2.91. The third-order valence-electron chi connectivity index (χ3n) is 4.96. The average Bonchev–Trinajstić information content (AvgIpc) is 2.35. The van der Waals surface area contributed by atoms with Gasteiger partial charge in [0.05, 0.1) is 0 Å². The maximum absolute atomic E-state index is 11.8. The summed E-state index contributed by atoms with van der Waals surface area (Å²) in [6.07, 6.45) is 2.63. The molecule has 0 saturated heterocycles. The van der Waals surface area contributed by atoms with Crippen LogP contribution in [0.1, 0.15) is 68.8 Å². The molecule has 4 heteroatoms. The molecular weight excluding hydrogens is 280 g/mol. The molecule has 0 aromatic heterocycles. The van der Waals surface area contributed by atoms with Crippen LogP contribution in [0.15, 0.2) is 17.2 Å². The maximum Gasteiger partial charge on any atom is 0.167 e. The molecule has 2 atom stereocenters. The van der Waals surface area contributed by atoms with Gasteiger partial charge < -0.3 is 14.9 Å². The molecule has 2 N–H and O–H groups in total. The summed E-state index contributed by atoms with van der Waals surface area (Å²) in [7, 11) is 0.